The molecule has 0 bridgehead atoms. The van der Waals surface area contributed by atoms with Crippen LogP contribution in [0.2, 0.25) is 6.04 Å². The van der Waals surface area contributed by atoms with Crippen LogP contribution >= 0.6 is 0 Å². The zero-order chi connectivity index (χ0) is 7.45. The number of nitrogens with one attached hydrogen (secondary N) is 1. The Balaban J connectivity index is 2.27. The lowest BCUT2D eigenvalue weighted by atomic mass is 10.8. The summed E-state index contributed by atoms with van der Waals surface area (Å²) in [5, 5.41) is 0. The van der Waals surface area contributed by atoms with E-state index in [2.05, 4.69) is 4.98 Å². The highest BCUT2D eigenvalue weighted by Gasteiger charge is 2.44. The SMILES string of the molecule is CCO[Si]1(OCC)CCN1. The van der Waals surface area contributed by atoms with Gasteiger partial charge in [-0.15, -0.1) is 0 Å². The third-order valence-corrected chi connectivity index (χ3v) is 4.81. The van der Waals surface area contributed by atoms with Crippen molar-refractivity contribution in [1.82, 2.24) is 4.98 Å². The average Bonchev–Trinajstić information content (AvgIpc) is 1.84. The van der Waals surface area contributed by atoms with Crippen LogP contribution in [-0.4, -0.2) is 28.5 Å². The molecular formula is C6H15NO2Si. The molecule has 0 spiro atoms. The van der Waals surface area contributed by atoms with Crippen LogP contribution in [0.3, 0.4) is 0 Å². The molecule has 1 aliphatic heterocycles. The van der Waals surface area contributed by atoms with Crippen LogP contribution in [0.1, 0.15) is 13.8 Å². The van der Waals surface area contributed by atoms with Crippen LogP contribution in [0, 0.1) is 0 Å². The lowest BCUT2D eigenvalue weighted by Crippen LogP contribution is -2.66. The summed E-state index contributed by atoms with van der Waals surface area (Å²) in [6, 6.07) is 1.11. The second-order valence-electron chi connectivity index (χ2n) is 2.30. The molecule has 1 aliphatic rings. The minimum atomic E-state index is -1.79. The van der Waals surface area contributed by atoms with Gasteiger partial charge < -0.3 is 8.85 Å². The van der Waals surface area contributed by atoms with Gasteiger partial charge in [-0.25, -0.2) is 0 Å². The molecule has 0 aromatic carbocycles. The van der Waals surface area contributed by atoms with E-state index in [0.29, 0.717) is 0 Å². The number of rotatable bonds is 4. The van der Waals surface area contributed by atoms with E-state index in [0.717, 1.165) is 25.8 Å². The summed E-state index contributed by atoms with van der Waals surface area (Å²) in [6.07, 6.45) is 0. The van der Waals surface area contributed by atoms with Crippen molar-refractivity contribution in [2.45, 2.75) is 19.9 Å². The molecule has 0 unspecified atom stereocenters. The van der Waals surface area contributed by atoms with Gasteiger partial charge in [0, 0.05) is 19.3 Å². The summed E-state index contributed by atoms with van der Waals surface area (Å²) in [5.41, 5.74) is 0. The fourth-order valence-corrected chi connectivity index (χ4v) is 3.25. The molecule has 0 saturated carbocycles. The molecule has 4 heteroatoms. The minimum absolute atomic E-state index is 0.763. The van der Waals surface area contributed by atoms with Gasteiger partial charge in [0.2, 0.25) is 0 Å². The van der Waals surface area contributed by atoms with Crippen LogP contribution in [0.5, 0.6) is 0 Å². The molecular weight excluding hydrogens is 146 g/mol. The first-order valence-corrected chi connectivity index (χ1v) is 5.88. The highest BCUT2D eigenvalue weighted by molar-refractivity contribution is 6.67. The second kappa shape index (κ2) is 3.48. The standard InChI is InChI=1S/C6H15NO2Si/c1-3-8-10(9-4-2)6-5-7-10/h7H,3-6H2,1-2H3. The smallest absolute Gasteiger partial charge is 0.383 e. The predicted octanol–water partition coefficient (Wildman–Crippen LogP) is 0.601. The van der Waals surface area contributed by atoms with Crippen LogP contribution in [-0.2, 0) is 8.85 Å². The van der Waals surface area contributed by atoms with Crippen molar-refractivity contribution in [1.29, 1.82) is 0 Å². The molecule has 1 heterocycles. The summed E-state index contributed by atoms with van der Waals surface area (Å²) in [4.78, 5) is 3.26. The van der Waals surface area contributed by atoms with Crippen molar-refractivity contribution in [3.63, 3.8) is 0 Å². The summed E-state index contributed by atoms with van der Waals surface area (Å²) in [5.74, 6) is 0. The first kappa shape index (κ1) is 8.20. The summed E-state index contributed by atoms with van der Waals surface area (Å²) >= 11 is 0. The third kappa shape index (κ3) is 1.57. The first-order chi connectivity index (χ1) is 4.83. The van der Waals surface area contributed by atoms with E-state index in [1.807, 2.05) is 13.8 Å². The van der Waals surface area contributed by atoms with Gasteiger partial charge in [0.1, 0.15) is 0 Å². The lowest BCUT2D eigenvalue weighted by Gasteiger charge is -2.37. The van der Waals surface area contributed by atoms with E-state index in [4.69, 9.17) is 8.85 Å². The Kier molecular flexibility index (Phi) is 2.85. The molecule has 3 nitrogen and oxygen atoms in total. The maximum Gasteiger partial charge on any atom is 0.426 e. The van der Waals surface area contributed by atoms with Gasteiger partial charge >= 0.3 is 8.72 Å². The Bertz CT molecular complexity index is 97.9. The fraction of sp³-hybridized carbons (Fsp3) is 1.00. The Morgan fingerprint density at radius 3 is 2.00 bits per heavy atom. The van der Waals surface area contributed by atoms with Crippen LogP contribution in [0.4, 0.5) is 0 Å². The van der Waals surface area contributed by atoms with Gasteiger partial charge in [-0.2, -0.15) is 0 Å². The molecule has 1 fully saturated rings. The largest absolute Gasteiger partial charge is 0.426 e. The van der Waals surface area contributed by atoms with Gasteiger partial charge in [-0.1, -0.05) is 0 Å². The van der Waals surface area contributed by atoms with Crippen LogP contribution in [0.25, 0.3) is 0 Å². The molecule has 0 radical (unpaired) electrons. The van der Waals surface area contributed by atoms with Crippen molar-refractivity contribution in [2.24, 2.45) is 0 Å². The molecule has 0 aromatic heterocycles. The van der Waals surface area contributed by atoms with Crippen molar-refractivity contribution < 1.29 is 8.85 Å². The van der Waals surface area contributed by atoms with E-state index in [1.165, 1.54) is 0 Å². The second-order valence-corrected chi connectivity index (χ2v) is 5.23. The van der Waals surface area contributed by atoms with Gasteiger partial charge in [-0.05, 0) is 20.4 Å². The van der Waals surface area contributed by atoms with Gasteiger partial charge in [0.15, 0.2) is 0 Å². The minimum Gasteiger partial charge on any atom is -0.383 e. The zero-order valence-corrected chi connectivity index (χ0v) is 7.64. The Morgan fingerprint density at radius 1 is 1.30 bits per heavy atom. The Labute approximate surface area is 63.0 Å². The highest BCUT2D eigenvalue weighted by Crippen LogP contribution is 2.16. The fourth-order valence-electron chi connectivity index (χ4n) is 1.08. The maximum atomic E-state index is 5.51. The number of hydrogen-bond acceptors (Lipinski definition) is 3. The summed E-state index contributed by atoms with van der Waals surface area (Å²) < 4.78 is 11.0. The highest BCUT2D eigenvalue weighted by atomic mass is 28.4. The average molecular weight is 161 g/mol. The maximum absolute atomic E-state index is 5.51. The summed E-state index contributed by atoms with van der Waals surface area (Å²) in [6.45, 7) is 6.60. The topological polar surface area (TPSA) is 30.5 Å². The lowest BCUT2D eigenvalue weighted by molar-refractivity contribution is 0.155. The molecule has 1 N–H and O–H groups in total. The monoisotopic (exact) mass is 161 g/mol. The Morgan fingerprint density at radius 2 is 1.80 bits per heavy atom. The quantitative estimate of drug-likeness (QED) is 0.613. The van der Waals surface area contributed by atoms with E-state index < -0.39 is 8.72 Å². The van der Waals surface area contributed by atoms with Gasteiger partial charge in [0.05, 0.1) is 0 Å². The molecule has 10 heavy (non-hydrogen) atoms. The van der Waals surface area contributed by atoms with Gasteiger partial charge in [0.25, 0.3) is 0 Å². The molecule has 0 amide bonds. The molecule has 1 saturated heterocycles. The van der Waals surface area contributed by atoms with Crippen molar-refractivity contribution in [3.05, 3.63) is 0 Å². The van der Waals surface area contributed by atoms with Crippen molar-refractivity contribution >= 4 is 8.72 Å². The van der Waals surface area contributed by atoms with Crippen molar-refractivity contribution in [2.75, 3.05) is 19.8 Å². The molecule has 0 atom stereocenters. The normalized spacial score (nSPS) is 22.2. The van der Waals surface area contributed by atoms with Crippen molar-refractivity contribution in [3.8, 4) is 0 Å². The van der Waals surface area contributed by atoms with E-state index >= 15 is 0 Å². The zero-order valence-electron chi connectivity index (χ0n) is 6.64. The van der Waals surface area contributed by atoms with E-state index in [-0.39, 0.29) is 0 Å². The predicted molar refractivity (Wildman–Crippen MR) is 41.8 cm³/mol. The molecule has 1 rings (SSSR count). The van der Waals surface area contributed by atoms with E-state index in [1.54, 1.807) is 0 Å². The molecule has 0 aromatic rings. The third-order valence-electron chi connectivity index (χ3n) is 1.60. The van der Waals surface area contributed by atoms with Gasteiger partial charge in [-0.3, -0.25) is 4.98 Å². The molecule has 60 valence electrons. The number of hydrogen-bond donors (Lipinski definition) is 1. The van der Waals surface area contributed by atoms with Crippen LogP contribution in [0.15, 0.2) is 0 Å². The Hall–Kier alpha value is 0.0969. The van der Waals surface area contributed by atoms with E-state index in [9.17, 15) is 0 Å². The first-order valence-electron chi connectivity index (χ1n) is 3.86. The van der Waals surface area contributed by atoms with Crippen LogP contribution < -0.4 is 4.98 Å². The molecule has 0 aliphatic carbocycles. The summed E-state index contributed by atoms with van der Waals surface area (Å²) in [7, 11) is -1.79.